The van der Waals surface area contributed by atoms with Gasteiger partial charge in [0.15, 0.2) is 0 Å². The highest BCUT2D eigenvalue weighted by Gasteiger charge is 2.26. The van der Waals surface area contributed by atoms with Gasteiger partial charge in [0, 0.05) is 38.8 Å². The van der Waals surface area contributed by atoms with Gasteiger partial charge >= 0.3 is 0 Å². The van der Waals surface area contributed by atoms with Crippen molar-refractivity contribution in [3.63, 3.8) is 0 Å². The first-order valence-electron chi connectivity index (χ1n) is 9.67. The Morgan fingerprint density at radius 3 is 2.46 bits per heavy atom. The van der Waals surface area contributed by atoms with Crippen LogP contribution in [0, 0.1) is 0 Å². The second-order valence-electron chi connectivity index (χ2n) is 7.08. The van der Waals surface area contributed by atoms with E-state index in [0.29, 0.717) is 18.9 Å². The second-order valence-corrected chi connectivity index (χ2v) is 9.63. The number of nitrogens with one attached hydrogen (secondary N) is 1. The van der Waals surface area contributed by atoms with Crippen LogP contribution in [-0.2, 0) is 10.0 Å². The van der Waals surface area contributed by atoms with E-state index >= 15 is 0 Å². The molecule has 2 aromatic rings. The van der Waals surface area contributed by atoms with Crippen LogP contribution in [0.1, 0.15) is 24.9 Å². The van der Waals surface area contributed by atoms with E-state index in [-0.39, 0.29) is 10.9 Å². The molecule has 1 N–H and O–H groups in total. The topological polar surface area (TPSA) is 61.9 Å². The van der Waals surface area contributed by atoms with Crippen LogP contribution in [-0.4, -0.2) is 64.6 Å². The molecule has 1 aromatic heterocycles. The van der Waals surface area contributed by atoms with Crippen molar-refractivity contribution >= 4 is 21.4 Å². The van der Waals surface area contributed by atoms with E-state index in [1.165, 1.54) is 5.56 Å². The number of rotatable bonds is 9. The third-order valence-electron chi connectivity index (χ3n) is 4.98. The molecule has 3 rings (SSSR count). The van der Waals surface area contributed by atoms with Gasteiger partial charge < -0.3 is 9.64 Å². The van der Waals surface area contributed by atoms with Gasteiger partial charge in [-0.15, -0.1) is 0 Å². The number of hydrogen-bond donors (Lipinski definition) is 1. The molecule has 8 heteroatoms. The maximum absolute atomic E-state index is 12.8. The Hall–Kier alpha value is -1.45. The highest BCUT2D eigenvalue weighted by Crippen LogP contribution is 2.24. The van der Waals surface area contributed by atoms with Gasteiger partial charge in [-0.2, -0.15) is 11.3 Å². The Morgan fingerprint density at radius 2 is 1.86 bits per heavy atom. The number of benzene rings is 1. The summed E-state index contributed by atoms with van der Waals surface area (Å²) in [7, 11) is -1.45. The van der Waals surface area contributed by atoms with Gasteiger partial charge in [0.2, 0.25) is 10.0 Å². The van der Waals surface area contributed by atoms with Crippen LogP contribution in [0.25, 0.3) is 0 Å². The molecular formula is C20H29N3O3S2. The van der Waals surface area contributed by atoms with E-state index in [0.717, 1.165) is 32.6 Å². The highest BCUT2D eigenvalue weighted by atomic mass is 32.2. The molecule has 1 atom stereocenters. The Bertz CT molecular complexity index is 815. The number of nitrogens with zero attached hydrogens (tertiary/aromatic N) is 2. The predicted molar refractivity (Wildman–Crippen MR) is 114 cm³/mol. The van der Waals surface area contributed by atoms with E-state index in [1.54, 1.807) is 35.6 Å². The lowest BCUT2D eigenvalue weighted by Gasteiger charge is -2.37. The normalized spacial score (nSPS) is 17.5. The molecule has 1 unspecified atom stereocenters. The molecule has 1 fully saturated rings. The van der Waals surface area contributed by atoms with Crippen molar-refractivity contribution in [2.75, 3.05) is 46.4 Å². The molecule has 1 aliphatic rings. The van der Waals surface area contributed by atoms with Crippen molar-refractivity contribution in [1.29, 1.82) is 0 Å². The molecule has 0 radical (unpaired) electrons. The standard InChI is InChI=1S/C20H29N3O3S2/c1-3-13-26-18-4-6-19(7-5-18)28(24,25)21-15-20(17-8-14-27-16-17)23-11-9-22(2)10-12-23/h4-8,14,16,20-21H,3,9-13,15H2,1-2H3. The fourth-order valence-electron chi connectivity index (χ4n) is 3.26. The van der Waals surface area contributed by atoms with Gasteiger partial charge in [-0.3, -0.25) is 4.90 Å². The molecule has 6 nitrogen and oxygen atoms in total. The van der Waals surface area contributed by atoms with Crippen LogP contribution in [0.15, 0.2) is 46.0 Å². The van der Waals surface area contributed by atoms with Gasteiger partial charge in [-0.1, -0.05) is 6.92 Å². The minimum atomic E-state index is -3.57. The summed E-state index contributed by atoms with van der Waals surface area (Å²) < 4.78 is 33.9. The third-order valence-corrected chi connectivity index (χ3v) is 7.12. The molecule has 0 amide bonds. The molecule has 1 aromatic carbocycles. The first-order valence-corrected chi connectivity index (χ1v) is 12.1. The molecule has 0 saturated carbocycles. The number of ether oxygens (including phenoxy) is 1. The first-order chi connectivity index (χ1) is 13.5. The lowest BCUT2D eigenvalue weighted by atomic mass is 10.1. The Kier molecular flexibility index (Phi) is 7.48. The fourth-order valence-corrected chi connectivity index (χ4v) is 5.01. The number of piperazine rings is 1. The molecule has 2 heterocycles. The summed E-state index contributed by atoms with van der Waals surface area (Å²) in [4.78, 5) is 4.93. The number of hydrogen-bond acceptors (Lipinski definition) is 6. The summed E-state index contributed by atoms with van der Waals surface area (Å²) in [5.74, 6) is 0.689. The van der Waals surface area contributed by atoms with Crippen molar-refractivity contribution in [2.24, 2.45) is 0 Å². The molecule has 28 heavy (non-hydrogen) atoms. The quantitative estimate of drug-likeness (QED) is 0.672. The second kappa shape index (κ2) is 9.84. The van der Waals surface area contributed by atoms with Crippen molar-refractivity contribution < 1.29 is 13.2 Å². The Labute approximate surface area is 172 Å². The van der Waals surface area contributed by atoms with E-state index in [4.69, 9.17) is 4.74 Å². The SMILES string of the molecule is CCCOc1ccc(S(=O)(=O)NCC(c2ccsc2)N2CCN(C)CC2)cc1. The lowest BCUT2D eigenvalue weighted by Crippen LogP contribution is -2.48. The zero-order chi connectivity index (χ0) is 20.0. The number of thiophene rings is 1. The summed E-state index contributed by atoms with van der Waals surface area (Å²) in [6.07, 6.45) is 0.915. The third kappa shape index (κ3) is 5.55. The van der Waals surface area contributed by atoms with E-state index in [1.807, 2.05) is 12.3 Å². The van der Waals surface area contributed by atoms with Crippen LogP contribution >= 0.6 is 11.3 Å². The zero-order valence-corrected chi connectivity index (χ0v) is 18.1. The minimum absolute atomic E-state index is 0.0434. The molecule has 1 saturated heterocycles. The maximum atomic E-state index is 12.8. The average Bonchev–Trinajstić information content (AvgIpc) is 3.22. The fraction of sp³-hybridized carbons (Fsp3) is 0.500. The Balaban J connectivity index is 1.68. The van der Waals surface area contributed by atoms with Crippen LogP contribution in [0.5, 0.6) is 5.75 Å². The highest BCUT2D eigenvalue weighted by molar-refractivity contribution is 7.89. The summed E-state index contributed by atoms with van der Waals surface area (Å²) in [5, 5.41) is 4.15. The van der Waals surface area contributed by atoms with E-state index in [2.05, 4.69) is 33.0 Å². The summed E-state index contributed by atoms with van der Waals surface area (Å²) in [5.41, 5.74) is 1.17. The summed E-state index contributed by atoms with van der Waals surface area (Å²) in [6.45, 7) is 6.87. The van der Waals surface area contributed by atoms with Gasteiger partial charge in [-0.25, -0.2) is 13.1 Å². The van der Waals surface area contributed by atoms with Crippen LogP contribution in [0.2, 0.25) is 0 Å². The maximum Gasteiger partial charge on any atom is 0.240 e. The Morgan fingerprint density at radius 1 is 1.14 bits per heavy atom. The van der Waals surface area contributed by atoms with Gasteiger partial charge in [0.1, 0.15) is 5.75 Å². The van der Waals surface area contributed by atoms with E-state index < -0.39 is 10.0 Å². The number of sulfonamides is 1. The van der Waals surface area contributed by atoms with Gasteiger partial charge in [-0.05, 0) is 60.1 Å². The van der Waals surface area contributed by atoms with Crippen molar-refractivity contribution in [2.45, 2.75) is 24.3 Å². The molecule has 0 bridgehead atoms. The van der Waals surface area contributed by atoms with Crippen LogP contribution < -0.4 is 9.46 Å². The number of likely N-dealkylation sites (N-methyl/N-ethyl adjacent to an activating group) is 1. The minimum Gasteiger partial charge on any atom is -0.494 e. The smallest absolute Gasteiger partial charge is 0.240 e. The monoisotopic (exact) mass is 423 g/mol. The molecule has 0 spiro atoms. The summed E-state index contributed by atoms with van der Waals surface area (Å²) >= 11 is 1.64. The van der Waals surface area contributed by atoms with Crippen molar-refractivity contribution in [3.05, 3.63) is 46.7 Å². The largest absolute Gasteiger partial charge is 0.494 e. The zero-order valence-electron chi connectivity index (χ0n) is 16.5. The molecular weight excluding hydrogens is 394 g/mol. The van der Waals surface area contributed by atoms with Crippen LogP contribution in [0.4, 0.5) is 0 Å². The average molecular weight is 424 g/mol. The van der Waals surface area contributed by atoms with Crippen molar-refractivity contribution in [3.8, 4) is 5.75 Å². The van der Waals surface area contributed by atoms with E-state index in [9.17, 15) is 8.42 Å². The molecule has 1 aliphatic heterocycles. The van der Waals surface area contributed by atoms with Crippen LogP contribution in [0.3, 0.4) is 0 Å². The first kappa shape index (κ1) is 21.3. The molecule has 154 valence electrons. The predicted octanol–water partition coefficient (Wildman–Crippen LogP) is 2.80. The van der Waals surface area contributed by atoms with Gasteiger partial charge in [0.05, 0.1) is 11.5 Å². The lowest BCUT2D eigenvalue weighted by molar-refractivity contribution is 0.113. The van der Waals surface area contributed by atoms with Crippen molar-refractivity contribution in [1.82, 2.24) is 14.5 Å². The summed E-state index contributed by atoms with van der Waals surface area (Å²) in [6, 6.07) is 8.75. The molecule has 0 aliphatic carbocycles. The van der Waals surface area contributed by atoms with Gasteiger partial charge in [0.25, 0.3) is 0 Å².